The molecule has 2 N–H and O–H groups in total. The number of rotatable bonds is 6. The fourth-order valence-corrected chi connectivity index (χ4v) is 3.07. The van der Waals surface area contributed by atoms with E-state index in [1.54, 1.807) is 24.0 Å². The Morgan fingerprint density at radius 1 is 1.07 bits per heavy atom. The largest absolute Gasteiger partial charge is 0.452 e. The van der Waals surface area contributed by atoms with Crippen molar-refractivity contribution in [3.8, 4) is 0 Å². The predicted octanol–water partition coefficient (Wildman–Crippen LogP) is 2.72. The minimum atomic E-state index is -0.878. The molecule has 1 heterocycles. The maximum absolute atomic E-state index is 12.6. The second-order valence-corrected chi connectivity index (χ2v) is 6.50. The Morgan fingerprint density at radius 3 is 2.57 bits per heavy atom. The third kappa shape index (κ3) is 4.88. The first kappa shape index (κ1) is 19.4. The second kappa shape index (κ2) is 9.03. The Kier molecular flexibility index (Phi) is 6.26. The van der Waals surface area contributed by atoms with E-state index in [2.05, 4.69) is 10.6 Å². The number of benzene rings is 2. The van der Waals surface area contributed by atoms with E-state index in [1.165, 1.54) is 0 Å². The lowest BCUT2D eigenvalue weighted by molar-refractivity contribution is -0.153. The molecule has 0 aliphatic carbocycles. The number of nitrogens with one attached hydrogen (secondary N) is 2. The highest BCUT2D eigenvalue weighted by Crippen LogP contribution is 2.28. The lowest BCUT2D eigenvalue weighted by atomic mass is 10.2. The number of esters is 1. The molecule has 0 radical (unpaired) electrons. The summed E-state index contributed by atoms with van der Waals surface area (Å²) < 4.78 is 5.24. The number of carbonyl (C=O) groups is 3. The van der Waals surface area contributed by atoms with E-state index in [0.29, 0.717) is 12.2 Å². The molecule has 0 saturated heterocycles. The van der Waals surface area contributed by atoms with Crippen LogP contribution in [0.5, 0.6) is 0 Å². The van der Waals surface area contributed by atoms with Crippen molar-refractivity contribution >= 4 is 29.3 Å². The van der Waals surface area contributed by atoms with Gasteiger partial charge < -0.3 is 20.3 Å². The van der Waals surface area contributed by atoms with Gasteiger partial charge in [0.15, 0.2) is 6.10 Å². The highest BCUT2D eigenvalue weighted by atomic mass is 16.5. The lowest BCUT2D eigenvalue weighted by Gasteiger charge is -2.21. The summed E-state index contributed by atoms with van der Waals surface area (Å²) in [6.07, 6.45) is -0.101. The first-order valence-corrected chi connectivity index (χ1v) is 9.23. The van der Waals surface area contributed by atoms with Crippen LogP contribution in [0.1, 0.15) is 18.9 Å². The summed E-state index contributed by atoms with van der Waals surface area (Å²) in [5, 5.41) is 5.24. The first-order chi connectivity index (χ1) is 13.5. The molecule has 1 aliphatic heterocycles. The molecule has 2 aromatic carbocycles. The second-order valence-electron chi connectivity index (χ2n) is 6.50. The molecule has 3 rings (SSSR count). The summed E-state index contributed by atoms with van der Waals surface area (Å²) in [4.78, 5) is 38.0. The third-order valence-electron chi connectivity index (χ3n) is 4.46. The van der Waals surface area contributed by atoms with E-state index in [0.717, 1.165) is 17.7 Å². The molecule has 146 valence electrons. The molecule has 2 aromatic rings. The molecule has 1 aliphatic rings. The minimum absolute atomic E-state index is 0.0174. The molecular weight excluding hydrogens is 358 g/mol. The molecule has 1 atom stereocenters. The van der Waals surface area contributed by atoms with Crippen LogP contribution >= 0.6 is 0 Å². The van der Waals surface area contributed by atoms with Crippen molar-refractivity contribution in [2.75, 3.05) is 23.3 Å². The Morgan fingerprint density at radius 2 is 1.79 bits per heavy atom. The van der Waals surface area contributed by atoms with Crippen LogP contribution in [-0.4, -0.2) is 37.1 Å². The van der Waals surface area contributed by atoms with Gasteiger partial charge in [0.1, 0.15) is 0 Å². The Labute approximate surface area is 163 Å². The summed E-state index contributed by atoms with van der Waals surface area (Å²) >= 11 is 0. The van der Waals surface area contributed by atoms with Crippen molar-refractivity contribution < 1.29 is 19.1 Å². The van der Waals surface area contributed by atoms with Crippen molar-refractivity contribution in [1.82, 2.24) is 5.32 Å². The minimum Gasteiger partial charge on any atom is -0.452 e. The molecule has 3 amide bonds. The summed E-state index contributed by atoms with van der Waals surface area (Å²) in [6.45, 7) is 2.27. The maximum Gasteiger partial charge on any atom is 0.319 e. The van der Waals surface area contributed by atoms with Crippen molar-refractivity contribution in [2.24, 2.45) is 0 Å². The zero-order valence-electron chi connectivity index (χ0n) is 15.7. The van der Waals surface area contributed by atoms with E-state index in [4.69, 9.17) is 4.74 Å². The van der Waals surface area contributed by atoms with Crippen molar-refractivity contribution in [3.63, 3.8) is 0 Å². The van der Waals surface area contributed by atoms with Gasteiger partial charge in [0.2, 0.25) is 0 Å². The average Bonchev–Trinajstić information content (AvgIpc) is 3.12. The zero-order valence-corrected chi connectivity index (χ0v) is 15.7. The van der Waals surface area contributed by atoms with Crippen molar-refractivity contribution in [1.29, 1.82) is 0 Å². The van der Waals surface area contributed by atoms with Crippen molar-refractivity contribution in [2.45, 2.75) is 25.9 Å². The van der Waals surface area contributed by atoms with Crippen molar-refractivity contribution in [3.05, 3.63) is 60.2 Å². The number of carbonyl (C=O) groups excluding carboxylic acids is 3. The fraction of sp³-hybridized carbons (Fsp3) is 0.286. The molecular formula is C21H23N3O4. The van der Waals surface area contributed by atoms with Gasteiger partial charge >= 0.3 is 12.0 Å². The van der Waals surface area contributed by atoms with Crippen LogP contribution < -0.4 is 15.5 Å². The van der Waals surface area contributed by atoms with Gasteiger partial charge in [-0.3, -0.25) is 9.59 Å². The molecule has 0 aromatic heterocycles. The maximum atomic E-state index is 12.6. The van der Waals surface area contributed by atoms with Gasteiger partial charge in [-0.25, -0.2) is 4.79 Å². The number of anilines is 2. The first-order valence-electron chi connectivity index (χ1n) is 9.23. The van der Waals surface area contributed by atoms with Crippen LogP contribution in [0, 0.1) is 0 Å². The highest BCUT2D eigenvalue weighted by molar-refractivity contribution is 5.99. The number of nitrogens with zero attached hydrogens (tertiary/aromatic N) is 1. The summed E-state index contributed by atoms with van der Waals surface area (Å²) in [7, 11) is 0. The molecule has 0 bridgehead atoms. The quantitative estimate of drug-likeness (QED) is 0.753. The van der Waals surface area contributed by atoms with E-state index >= 15 is 0 Å². The van der Waals surface area contributed by atoms with Crippen LogP contribution in [0.25, 0.3) is 0 Å². The van der Waals surface area contributed by atoms with E-state index in [1.807, 2.05) is 42.5 Å². The van der Waals surface area contributed by atoms with Gasteiger partial charge in [-0.2, -0.15) is 0 Å². The summed E-state index contributed by atoms with van der Waals surface area (Å²) in [5.41, 5.74) is 2.64. The number of urea groups is 1. The molecule has 0 fully saturated rings. The average molecular weight is 381 g/mol. The van der Waals surface area contributed by atoms with Crippen LogP contribution in [-0.2, 0) is 20.7 Å². The number of hydrogen-bond donors (Lipinski definition) is 2. The zero-order chi connectivity index (χ0) is 19.9. The number of amides is 3. The molecule has 0 saturated carbocycles. The predicted molar refractivity (Wildman–Crippen MR) is 106 cm³/mol. The summed E-state index contributed by atoms with van der Waals surface area (Å²) in [6, 6.07) is 16.3. The van der Waals surface area contributed by atoms with Gasteiger partial charge in [-0.1, -0.05) is 36.4 Å². The molecule has 0 unspecified atom stereocenters. The van der Waals surface area contributed by atoms with E-state index in [9.17, 15) is 14.4 Å². The van der Waals surface area contributed by atoms with Crippen LogP contribution in [0.2, 0.25) is 0 Å². The molecule has 7 nitrogen and oxygen atoms in total. The Balaban J connectivity index is 1.41. The number of para-hydroxylation sites is 2. The van der Waals surface area contributed by atoms with Gasteiger partial charge in [0.25, 0.3) is 5.91 Å². The molecule has 7 heteroatoms. The summed E-state index contributed by atoms with van der Waals surface area (Å²) in [5.74, 6) is -0.776. The van der Waals surface area contributed by atoms with Gasteiger partial charge in [-0.15, -0.1) is 0 Å². The fourth-order valence-electron chi connectivity index (χ4n) is 3.07. The topological polar surface area (TPSA) is 87.7 Å². The van der Waals surface area contributed by atoms with Gasteiger partial charge in [0, 0.05) is 24.5 Å². The molecule has 28 heavy (non-hydrogen) atoms. The van der Waals surface area contributed by atoms with Crippen LogP contribution in [0.15, 0.2) is 54.6 Å². The highest BCUT2D eigenvalue weighted by Gasteiger charge is 2.29. The van der Waals surface area contributed by atoms with Gasteiger partial charge in [0.05, 0.1) is 6.42 Å². The van der Waals surface area contributed by atoms with Crippen LogP contribution in [0.3, 0.4) is 0 Å². The standard InChI is InChI=1S/C21H23N3O4/c1-15(20(26)24-14-12-16-7-5-6-10-18(16)24)28-19(25)11-13-22-21(27)23-17-8-3-2-4-9-17/h2-10,15H,11-14H2,1H3,(H2,22,23,27)/t15-/m0/s1. The van der Waals surface area contributed by atoms with E-state index in [-0.39, 0.29) is 18.9 Å². The third-order valence-corrected chi connectivity index (χ3v) is 4.46. The molecule has 0 spiro atoms. The number of hydrogen-bond acceptors (Lipinski definition) is 4. The number of fused-ring (bicyclic) bond motifs is 1. The number of ether oxygens (including phenoxy) is 1. The van der Waals surface area contributed by atoms with Crippen LogP contribution in [0.4, 0.5) is 16.2 Å². The SMILES string of the molecule is C[C@H](OC(=O)CCNC(=O)Nc1ccccc1)C(=O)N1CCc2ccccc21. The normalized spacial score (nSPS) is 13.4. The Hall–Kier alpha value is -3.35. The van der Waals surface area contributed by atoms with Gasteiger partial charge in [-0.05, 0) is 37.1 Å². The smallest absolute Gasteiger partial charge is 0.319 e. The van der Waals surface area contributed by atoms with E-state index < -0.39 is 18.1 Å². The monoisotopic (exact) mass is 381 g/mol. The Bertz CT molecular complexity index is 854. The lowest BCUT2D eigenvalue weighted by Crippen LogP contribution is -2.39.